The van der Waals surface area contributed by atoms with Crippen molar-refractivity contribution in [3.8, 4) is 0 Å². The molecule has 2 nitrogen and oxygen atoms in total. The van der Waals surface area contributed by atoms with Gasteiger partial charge in [-0.1, -0.05) is 40.2 Å². The molecule has 2 aromatic carbocycles. The second-order valence-corrected chi connectivity index (χ2v) is 5.56. The molecule has 0 saturated heterocycles. The molecule has 0 unspecified atom stereocenters. The molecule has 0 atom stereocenters. The van der Waals surface area contributed by atoms with Gasteiger partial charge in [-0.15, -0.1) is 0 Å². The first-order valence-corrected chi connectivity index (χ1v) is 7.25. The second-order valence-electron chi connectivity index (χ2n) is 4.64. The van der Waals surface area contributed by atoms with Crippen molar-refractivity contribution in [2.45, 2.75) is 20.4 Å². The van der Waals surface area contributed by atoms with Gasteiger partial charge < -0.3 is 10.6 Å². The zero-order chi connectivity index (χ0) is 13.8. The third kappa shape index (κ3) is 3.29. The van der Waals surface area contributed by atoms with Crippen LogP contribution in [0.15, 0.2) is 46.9 Å². The van der Waals surface area contributed by atoms with Crippen molar-refractivity contribution in [3.05, 3.63) is 58.1 Å². The molecule has 0 fully saturated rings. The first-order valence-electron chi connectivity index (χ1n) is 6.46. The van der Waals surface area contributed by atoms with Crippen LogP contribution in [-0.4, -0.2) is 6.54 Å². The molecule has 0 amide bonds. The first-order chi connectivity index (χ1) is 9.11. The molecule has 2 aromatic rings. The molecule has 2 N–H and O–H groups in total. The molecule has 0 heterocycles. The maximum atomic E-state index is 6.10. The number of anilines is 2. The van der Waals surface area contributed by atoms with Crippen LogP contribution in [0.3, 0.4) is 0 Å². The van der Waals surface area contributed by atoms with Crippen molar-refractivity contribution in [2.75, 3.05) is 17.2 Å². The Morgan fingerprint density at radius 2 is 1.89 bits per heavy atom. The molecule has 0 aliphatic heterocycles. The summed E-state index contributed by atoms with van der Waals surface area (Å²) in [5.74, 6) is 0. The number of hydrogen-bond donors (Lipinski definition) is 1. The summed E-state index contributed by atoms with van der Waals surface area (Å²) in [7, 11) is 0. The monoisotopic (exact) mass is 318 g/mol. The van der Waals surface area contributed by atoms with Gasteiger partial charge in [0.15, 0.2) is 0 Å². The Bertz CT molecular complexity index is 566. The van der Waals surface area contributed by atoms with Gasteiger partial charge in [-0.05, 0) is 43.2 Å². The number of nitrogen functional groups attached to an aromatic ring is 1. The Morgan fingerprint density at radius 1 is 1.16 bits per heavy atom. The minimum Gasteiger partial charge on any atom is -0.397 e. The van der Waals surface area contributed by atoms with E-state index >= 15 is 0 Å². The molecule has 0 bridgehead atoms. The fraction of sp³-hybridized carbons (Fsp3) is 0.250. The predicted molar refractivity (Wildman–Crippen MR) is 86.5 cm³/mol. The summed E-state index contributed by atoms with van der Waals surface area (Å²) in [6.07, 6.45) is 0. The molecular weight excluding hydrogens is 300 g/mol. The summed E-state index contributed by atoms with van der Waals surface area (Å²) in [5, 5.41) is 0. The van der Waals surface area contributed by atoms with E-state index < -0.39 is 0 Å². The lowest BCUT2D eigenvalue weighted by Crippen LogP contribution is -2.23. The fourth-order valence-corrected chi connectivity index (χ4v) is 2.50. The maximum absolute atomic E-state index is 6.10. The molecule has 0 aliphatic rings. The summed E-state index contributed by atoms with van der Waals surface area (Å²) in [6, 6.07) is 14.5. The van der Waals surface area contributed by atoms with Crippen LogP contribution in [0.4, 0.5) is 11.4 Å². The van der Waals surface area contributed by atoms with E-state index in [1.165, 1.54) is 11.1 Å². The standard InChI is InChI=1S/C16H19BrN2/c1-3-19(11-13-7-5-4-6-12(13)2)16-10-14(17)8-9-15(16)18/h4-10H,3,11,18H2,1-2H3. The molecule has 100 valence electrons. The lowest BCUT2D eigenvalue weighted by Gasteiger charge is -2.25. The number of hydrogen-bond acceptors (Lipinski definition) is 2. The molecule has 0 aliphatic carbocycles. The van der Waals surface area contributed by atoms with E-state index in [-0.39, 0.29) is 0 Å². The minimum atomic E-state index is 0.818. The summed E-state index contributed by atoms with van der Waals surface area (Å²) in [4.78, 5) is 2.29. The van der Waals surface area contributed by atoms with Crippen molar-refractivity contribution in [2.24, 2.45) is 0 Å². The number of nitrogens with zero attached hydrogens (tertiary/aromatic N) is 1. The highest BCUT2D eigenvalue weighted by Gasteiger charge is 2.10. The predicted octanol–water partition coefficient (Wildman–Crippen LogP) is 4.37. The normalized spacial score (nSPS) is 10.5. The summed E-state index contributed by atoms with van der Waals surface area (Å²) < 4.78 is 1.06. The van der Waals surface area contributed by atoms with Crippen molar-refractivity contribution < 1.29 is 0 Å². The van der Waals surface area contributed by atoms with E-state index in [0.717, 1.165) is 28.9 Å². The molecule has 2 rings (SSSR count). The van der Waals surface area contributed by atoms with Crippen molar-refractivity contribution in [3.63, 3.8) is 0 Å². The molecule has 0 saturated carbocycles. The molecule has 19 heavy (non-hydrogen) atoms. The smallest absolute Gasteiger partial charge is 0.0614 e. The lowest BCUT2D eigenvalue weighted by molar-refractivity contribution is 0.828. The maximum Gasteiger partial charge on any atom is 0.0614 e. The van der Waals surface area contributed by atoms with Gasteiger partial charge in [0.25, 0.3) is 0 Å². The zero-order valence-electron chi connectivity index (χ0n) is 11.4. The Hall–Kier alpha value is -1.48. The summed E-state index contributed by atoms with van der Waals surface area (Å²) in [6.45, 7) is 6.10. The third-order valence-electron chi connectivity index (χ3n) is 3.34. The van der Waals surface area contributed by atoms with E-state index in [9.17, 15) is 0 Å². The number of rotatable bonds is 4. The van der Waals surface area contributed by atoms with E-state index in [1.807, 2.05) is 12.1 Å². The van der Waals surface area contributed by atoms with Crippen LogP contribution in [0, 0.1) is 6.92 Å². The quantitative estimate of drug-likeness (QED) is 0.848. The van der Waals surface area contributed by atoms with Gasteiger partial charge in [-0.3, -0.25) is 0 Å². The SMILES string of the molecule is CCN(Cc1ccccc1C)c1cc(Br)ccc1N. The highest BCUT2D eigenvalue weighted by molar-refractivity contribution is 9.10. The summed E-state index contributed by atoms with van der Waals surface area (Å²) in [5.41, 5.74) is 10.6. The van der Waals surface area contributed by atoms with Gasteiger partial charge in [-0.2, -0.15) is 0 Å². The lowest BCUT2D eigenvalue weighted by atomic mass is 10.1. The van der Waals surface area contributed by atoms with Gasteiger partial charge in [-0.25, -0.2) is 0 Å². The fourth-order valence-electron chi connectivity index (χ4n) is 2.15. The first kappa shape index (κ1) is 13.9. The Kier molecular flexibility index (Phi) is 4.48. The van der Waals surface area contributed by atoms with Crippen LogP contribution >= 0.6 is 15.9 Å². The number of nitrogens with two attached hydrogens (primary N) is 1. The molecule has 3 heteroatoms. The van der Waals surface area contributed by atoms with Gasteiger partial charge >= 0.3 is 0 Å². The van der Waals surface area contributed by atoms with E-state index in [2.05, 4.69) is 65.0 Å². The second kappa shape index (κ2) is 6.11. The average molecular weight is 319 g/mol. The number of benzene rings is 2. The zero-order valence-corrected chi connectivity index (χ0v) is 12.9. The molecule has 0 spiro atoms. The Labute approximate surface area is 123 Å². The van der Waals surface area contributed by atoms with Crippen LogP contribution in [0.25, 0.3) is 0 Å². The molecule has 0 radical (unpaired) electrons. The van der Waals surface area contributed by atoms with Crippen LogP contribution < -0.4 is 10.6 Å². The van der Waals surface area contributed by atoms with Crippen molar-refractivity contribution in [1.29, 1.82) is 0 Å². The van der Waals surface area contributed by atoms with Crippen LogP contribution in [0.1, 0.15) is 18.1 Å². The number of aryl methyl sites for hydroxylation is 1. The minimum absolute atomic E-state index is 0.818. The average Bonchev–Trinajstić information content (AvgIpc) is 2.41. The molecule has 0 aromatic heterocycles. The Morgan fingerprint density at radius 3 is 2.58 bits per heavy atom. The van der Waals surface area contributed by atoms with Crippen molar-refractivity contribution >= 4 is 27.3 Å². The van der Waals surface area contributed by atoms with Gasteiger partial charge in [0.1, 0.15) is 0 Å². The highest BCUT2D eigenvalue weighted by Crippen LogP contribution is 2.28. The van der Waals surface area contributed by atoms with Crippen LogP contribution in [0.5, 0.6) is 0 Å². The Balaban J connectivity index is 2.30. The van der Waals surface area contributed by atoms with Gasteiger partial charge in [0.05, 0.1) is 11.4 Å². The van der Waals surface area contributed by atoms with E-state index in [1.54, 1.807) is 0 Å². The largest absolute Gasteiger partial charge is 0.397 e. The van der Waals surface area contributed by atoms with Crippen LogP contribution in [-0.2, 0) is 6.54 Å². The van der Waals surface area contributed by atoms with Gasteiger partial charge in [0, 0.05) is 17.6 Å². The topological polar surface area (TPSA) is 29.3 Å². The highest BCUT2D eigenvalue weighted by atomic mass is 79.9. The summed E-state index contributed by atoms with van der Waals surface area (Å²) >= 11 is 3.51. The molecular formula is C16H19BrN2. The van der Waals surface area contributed by atoms with Crippen LogP contribution in [0.2, 0.25) is 0 Å². The third-order valence-corrected chi connectivity index (χ3v) is 3.83. The van der Waals surface area contributed by atoms with Gasteiger partial charge in [0.2, 0.25) is 0 Å². The van der Waals surface area contributed by atoms with E-state index in [0.29, 0.717) is 0 Å². The van der Waals surface area contributed by atoms with Crippen molar-refractivity contribution in [1.82, 2.24) is 0 Å². The van der Waals surface area contributed by atoms with E-state index in [4.69, 9.17) is 5.73 Å². The number of halogens is 1.